The number of hydrogen-bond donors (Lipinski definition) is 3. The standard InChI is InChI=1S/C22H22F3N5O2/c1-32-15-9-14(27-11-15)10-28-21(31)20-29-18-16(19(26)30-20)7-13(8-17(18)22(23,24)25)12-5-3-2-4-6-12/h2-8,14-15,27H,9-11H2,1H3,(H,28,31)(H2,26,29,30). The summed E-state index contributed by atoms with van der Waals surface area (Å²) in [6.07, 6.45) is -3.93. The third kappa shape index (κ3) is 4.51. The molecule has 1 aliphatic heterocycles. The minimum absolute atomic E-state index is 0.0131. The van der Waals surface area contributed by atoms with E-state index in [-0.39, 0.29) is 29.9 Å². The fourth-order valence-corrected chi connectivity index (χ4v) is 3.78. The van der Waals surface area contributed by atoms with Gasteiger partial charge in [-0.25, -0.2) is 9.97 Å². The van der Waals surface area contributed by atoms with Crippen LogP contribution in [0, 0.1) is 0 Å². The van der Waals surface area contributed by atoms with E-state index in [9.17, 15) is 18.0 Å². The first kappa shape index (κ1) is 22.0. The number of halogens is 3. The summed E-state index contributed by atoms with van der Waals surface area (Å²) in [5, 5.41) is 5.89. The monoisotopic (exact) mass is 445 g/mol. The first-order valence-corrected chi connectivity index (χ1v) is 10.0. The number of nitrogens with zero attached hydrogens (tertiary/aromatic N) is 2. The van der Waals surface area contributed by atoms with Gasteiger partial charge in [-0.15, -0.1) is 0 Å². The maximum absolute atomic E-state index is 13.9. The van der Waals surface area contributed by atoms with Crippen LogP contribution in [-0.2, 0) is 10.9 Å². The maximum Gasteiger partial charge on any atom is 0.418 e. The van der Waals surface area contributed by atoms with Gasteiger partial charge >= 0.3 is 6.18 Å². The Labute approximate surface area is 182 Å². The number of carbonyl (C=O) groups is 1. The number of carbonyl (C=O) groups excluding carboxylic acids is 1. The van der Waals surface area contributed by atoms with E-state index in [2.05, 4.69) is 20.6 Å². The van der Waals surface area contributed by atoms with Crippen molar-refractivity contribution in [3.05, 3.63) is 53.9 Å². The van der Waals surface area contributed by atoms with Crippen LogP contribution in [0.4, 0.5) is 19.0 Å². The predicted molar refractivity (Wildman–Crippen MR) is 114 cm³/mol. The summed E-state index contributed by atoms with van der Waals surface area (Å²) < 4.78 is 46.9. The molecule has 0 spiro atoms. The van der Waals surface area contributed by atoms with Crippen LogP contribution in [-0.4, -0.2) is 48.2 Å². The van der Waals surface area contributed by atoms with E-state index in [0.29, 0.717) is 24.1 Å². The number of alkyl halides is 3. The van der Waals surface area contributed by atoms with Gasteiger partial charge in [-0.1, -0.05) is 30.3 Å². The number of anilines is 1. The molecule has 1 aromatic heterocycles. The van der Waals surface area contributed by atoms with Crippen molar-refractivity contribution in [3.8, 4) is 11.1 Å². The van der Waals surface area contributed by atoms with Crippen molar-refractivity contribution in [2.24, 2.45) is 0 Å². The van der Waals surface area contributed by atoms with E-state index in [0.717, 1.165) is 6.07 Å². The van der Waals surface area contributed by atoms with Crippen molar-refractivity contribution in [2.45, 2.75) is 24.7 Å². The van der Waals surface area contributed by atoms with Gasteiger partial charge in [-0.3, -0.25) is 4.79 Å². The van der Waals surface area contributed by atoms with Crippen LogP contribution in [0.2, 0.25) is 0 Å². The molecule has 4 N–H and O–H groups in total. The van der Waals surface area contributed by atoms with Crippen LogP contribution in [0.15, 0.2) is 42.5 Å². The molecule has 0 aliphatic carbocycles. The SMILES string of the molecule is COC1CNC(CNC(=O)c2nc(N)c3cc(-c4ccccc4)cc(C(F)(F)F)c3n2)C1. The third-order valence-corrected chi connectivity index (χ3v) is 5.47. The van der Waals surface area contributed by atoms with Crippen LogP contribution in [0.3, 0.4) is 0 Å². The molecular weight excluding hydrogens is 423 g/mol. The lowest BCUT2D eigenvalue weighted by atomic mass is 9.99. The largest absolute Gasteiger partial charge is 0.418 e. The zero-order valence-corrected chi connectivity index (χ0v) is 17.2. The predicted octanol–water partition coefficient (Wildman–Crippen LogP) is 3.00. The van der Waals surface area contributed by atoms with Gasteiger partial charge in [-0.2, -0.15) is 13.2 Å². The van der Waals surface area contributed by atoms with Gasteiger partial charge in [0.15, 0.2) is 0 Å². The van der Waals surface area contributed by atoms with Crippen LogP contribution < -0.4 is 16.4 Å². The molecular formula is C22H22F3N5O2. The topological polar surface area (TPSA) is 102 Å². The van der Waals surface area contributed by atoms with E-state index in [1.54, 1.807) is 37.4 Å². The summed E-state index contributed by atoms with van der Waals surface area (Å²) in [5.74, 6) is -1.29. The number of aromatic nitrogens is 2. The van der Waals surface area contributed by atoms with Crippen molar-refractivity contribution in [3.63, 3.8) is 0 Å². The van der Waals surface area contributed by atoms with Crippen molar-refractivity contribution >= 4 is 22.6 Å². The second kappa shape index (κ2) is 8.71. The molecule has 0 radical (unpaired) electrons. The molecule has 2 aromatic carbocycles. The van der Waals surface area contributed by atoms with Gasteiger partial charge in [0.25, 0.3) is 5.91 Å². The Kier molecular flexibility index (Phi) is 5.98. The Hall–Kier alpha value is -3.24. The highest BCUT2D eigenvalue weighted by molar-refractivity contribution is 5.99. The quantitative estimate of drug-likeness (QED) is 0.558. The molecule has 168 valence electrons. The smallest absolute Gasteiger partial charge is 0.383 e. The van der Waals surface area contributed by atoms with Crippen LogP contribution >= 0.6 is 0 Å². The van der Waals surface area contributed by atoms with Crippen LogP contribution in [0.5, 0.6) is 0 Å². The average molecular weight is 445 g/mol. The van der Waals surface area contributed by atoms with E-state index < -0.39 is 29.0 Å². The fraction of sp³-hybridized carbons (Fsp3) is 0.318. The Morgan fingerprint density at radius 3 is 2.62 bits per heavy atom. The Morgan fingerprint density at radius 2 is 1.97 bits per heavy atom. The lowest BCUT2D eigenvalue weighted by Crippen LogP contribution is -2.37. The summed E-state index contributed by atoms with van der Waals surface area (Å²) >= 11 is 0. The Morgan fingerprint density at radius 1 is 1.22 bits per heavy atom. The number of nitrogen functional groups attached to an aromatic ring is 1. The van der Waals surface area contributed by atoms with Gasteiger partial charge in [0.2, 0.25) is 5.82 Å². The Bertz CT molecular complexity index is 1140. The number of rotatable bonds is 5. The molecule has 7 nitrogen and oxygen atoms in total. The number of hydrogen-bond acceptors (Lipinski definition) is 6. The summed E-state index contributed by atoms with van der Waals surface area (Å²) in [4.78, 5) is 20.5. The zero-order chi connectivity index (χ0) is 22.9. The molecule has 1 amide bonds. The Balaban J connectivity index is 1.68. The normalized spacial score (nSPS) is 18.8. The van der Waals surface area contributed by atoms with E-state index in [1.165, 1.54) is 6.07 Å². The highest BCUT2D eigenvalue weighted by Crippen LogP contribution is 2.38. The highest BCUT2D eigenvalue weighted by atomic mass is 19.4. The average Bonchev–Trinajstić information content (AvgIpc) is 3.25. The number of nitrogens with one attached hydrogen (secondary N) is 2. The zero-order valence-electron chi connectivity index (χ0n) is 17.2. The van der Waals surface area contributed by atoms with E-state index >= 15 is 0 Å². The number of ether oxygens (including phenoxy) is 1. The summed E-state index contributed by atoms with van der Waals surface area (Å²) in [5.41, 5.74) is 5.53. The van der Waals surface area contributed by atoms with Gasteiger partial charge in [0, 0.05) is 31.6 Å². The van der Waals surface area contributed by atoms with E-state index in [1.807, 2.05) is 0 Å². The first-order chi connectivity index (χ1) is 15.3. The van der Waals surface area contributed by atoms with Crippen LogP contribution in [0.1, 0.15) is 22.6 Å². The van der Waals surface area contributed by atoms with Gasteiger partial charge in [0.1, 0.15) is 5.82 Å². The molecule has 2 heterocycles. The van der Waals surface area contributed by atoms with Crippen molar-refractivity contribution < 1.29 is 22.7 Å². The molecule has 2 atom stereocenters. The molecule has 1 aliphatic rings. The number of fused-ring (bicyclic) bond motifs is 1. The molecule has 10 heteroatoms. The molecule has 3 aromatic rings. The second-order valence-corrected chi connectivity index (χ2v) is 7.62. The number of amides is 1. The lowest BCUT2D eigenvalue weighted by molar-refractivity contribution is -0.136. The minimum atomic E-state index is -4.69. The van der Waals surface area contributed by atoms with Gasteiger partial charge in [0.05, 0.1) is 17.2 Å². The number of benzene rings is 2. The number of methoxy groups -OCH3 is 1. The molecule has 4 rings (SSSR count). The fourth-order valence-electron chi connectivity index (χ4n) is 3.78. The summed E-state index contributed by atoms with van der Waals surface area (Å²) in [6, 6.07) is 11.1. The second-order valence-electron chi connectivity index (χ2n) is 7.62. The van der Waals surface area contributed by atoms with Crippen molar-refractivity contribution in [2.75, 3.05) is 25.9 Å². The molecule has 1 saturated heterocycles. The van der Waals surface area contributed by atoms with E-state index in [4.69, 9.17) is 10.5 Å². The molecule has 32 heavy (non-hydrogen) atoms. The van der Waals surface area contributed by atoms with Crippen LogP contribution in [0.25, 0.3) is 22.0 Å². The third-order valence-electron chi connectivity index (χ3n) is 5.47. The maximum atomic E-state index is 13.9. The molecule has 1 fully saturated rings. The lowest BCUT2D eigenvalue weighted by Gasteiger charge is -2.15. The molecule has 0 saturated carbocycles. The highest BCUT2D eigenvalue weighted by Gasteiger charge is 2.35. The molecule has 2 unspecified atom stereocenters. The summed E-state index contributed by atoms with van der Waals surface area (Å²) in [7, 11) is 1.61. The molecule has 0 bridgehead atoms. The van der Waals surface area contributed by atoms with Gasteiger partial charge in [-0.05, 0) is 29.7 Å². The first-order valence-electron chi connectivity index (χ1n) is 10.0. The summed E-state index contributed by atoms with van der Waals surface area (Å²) in [6.45, 7) is 0.925. The minimum Gasteiger partial charge on any atom is -0.383 e. The number of nitrogens with two attached hydrogens (primary N) is 1. The van der Waals surface area contributed by atoms with Gasteiger partial charge < -0.3 is 21.1 Å². The van der Waals surface area contributed by atoms with Crippen molar-refractivity contribution in [1.29, 1.82) is 0 Å². The van der Waals surface area contributed by atoms with Crippen molar-refractivity contribution in [1.82, 2.24) is 20.6 Å².